The average Bonchev–Trinajstić information content (AvgIpc) is 3.04. The summed E-state index contributed by atoms with van der Waals surface area (Å²) in [6, 6.07) is 2.07. The van der Waals surface area contributed by atoms with Crippen LogP contribution in [0.15, 0.2) is 28.9 Å². The van der Waals surface area contributed by atoms with Crippen LogP contribution in [0.3, 0.4) is 0 Å². The topological polar surface area (TPSA) is 25.2 Å². The predicted octanol–water partition coefficient (Wildman–Crippen LogP) is 2.96. The van der Waals surface area contributed by atoms with E-state index in [2.05, 4.69) is 38.7 Å². The number of aryl methyl sites for hydroxylation is 1. The molecule has 4 heteroatoms. The van der Waals surface area contributed by atoms with E-state index < -0.39 is 0 Å². The molecule has 2 aliphatic rings. The van der Waals surface area contributed by atoms with Crippen LogP contribution in [-0.4, -0.2) is 22.4 Å². The largest absolute Gasteiger partial charge is 0.352 e. The van der Waals surface area contributed by atoms with Gasteiger partial charge in [-0.15, -0.1) is 0 Å². The highest BCUT2D eigenvalue weighted by atomic mass is 79.9. The predicted molar refractivity (Wildman–Crippen MR) is 78.4 cm³/mol. The summed E-state index contributed by atoms with van der Waals surface area (Å²) in [7, 11) is 3.93. The lowest BCUT2D eigenvalue weighted by Gasteiger charge is -2.25. The van der Waals surface area contributed by atoms with Crippen LogP contribution < -0.4 is 0 Å². The van der Waals surface area contributed by atoms with Gasteiger partial charge in [0.15, 0.2) is 0 Å². The van der Waals surface area contributed by atoms with Crippen molar-refractivity contribution in [2.45, 2.75) is 19.4 Å². The first-order valence-electron chi connectivity index (χ1n) is 6.78. The minimum absolute atomic E-state index is 0.212. The molecule has 3 rings (SSSR count). The number of carbonyl (C=O) groups is 1. The number of aromatic nitrogens is 1. The highest BCUT2D eigenvalue weighted by Gasteiger charge is 2.40. The second-order valence-electron chi connectivity index (χ2n) is 5.84. The third kappa shape index (κ3) is 2.38. The molecule has 0 unspecified atom stereocenters. The van der Waals surface area contributed by atoms with Gasteiger partial charge in [-0.05, 0) is 46.7 Å². The summed E-state index contributed by atoms with van der Waals surface area (Å²) in [5.74, 6) is 1.65. The maximum absolute atomic E-state index is 12.5. The zero-order valence-corrected chi connectivity index (χ0v) is 12.9. The quantitative estimate of drug-likeness (QED) is 0.785. The number of amides is 1. The minimum atomic E-state index is 0.212. The number of nitrogens with zero attached hydrogens (tertiary/aromatic N) is 2. The molecule has 0 radical (unpaired) electrons. The number of carbonyl (C=O) groups excluding carboxylic acids is 1. The van der Waals surface area contributed by atoms with Crippen molar-refractivity contribution in [3.63, 3.8) is 0 Å². The van der Waals surface area contributed by atoms with Crippen molar-refractivity contribution in [3.05, 3.63) is 34.6 Å². The standard InChI is InChI=1S/C15H19BrN2O/c1-17-8-12(16)7-13(17)9-18(2)15(19)14-6-10-3-4-11(14)5-10/h3-4,7-8,10-11,14H,5-6,9H2,1-2H3/t10-,11-,14-/m0/s1. The molecule has 0 aromatic carbocycles. The van der Waals surface area contributed by atoms with Gasteiger partial charge in [-0.3, -0.25) is 4.79 Å². The Kier molecular flexibility index (Phi) is 3.29. The smallest absolute Gasteiger partial charge is 0.226 e. The van der Waals surface area contributed by atoms with E-state index in [1.807, 2.05) is 25.2 Å². The highest BCUT2D eigenvalue weighted by molar-refractivity contribution is 9.10. The normalized spacial score (nSPS) is 28.1. The van der Waals surface area contributed by atoms with E-state index in [1.54, 1.807) is 0 Å². The first-order valence-corrected chi connectivity index (χ1v) is 7.58. The van der Waals surface area contributed by atoms with Gasteiger partial charge in [-0.25, -0.2) is 0 Å². The third-order valence-corrected chi connectivity index (χ3v) is 4.88. The zero-order chi connectivity index (χ0) is 13.6. The van der Waals surface area contributed by atoms with Crippen LogP contribution in [0.25, 0.3) is 0 Å². The lowest BCUT2D eigenvalue weighted by atomic mass is 9.92. The van der Waals surface area contributed by atoms with Crippen molar-refractivity contribution in [2.24, 2.45) is 24.8 Å². The Hall–Kier alpha value is -1.03. The van der Waals surface area contributed by atoms with Crippen LogP contribution in [0.5, 0.6) is 0 Å². The van der Waals surface area contributed by atoms with Crippen molar-refractivity contribution >= 4 is 21.8 Å². The highest BCUT2D eigenvalue weighted by Crippen LogP contribution is 2.44. The fourth-order valence-corrected chi connectivity index (χ4v) is 3.96. The van der Waals surface area contributed by atoms with E-state index in [0.29, 0.717) is 24.3 Å². The van der Waals surface area contributed by atoms with Crippen molar-refractivity contribution in [3.8, 4) is 0 Å². The van der Waals surface area contributed by atoms with Gasteiger partial charge in [-0.2, -0.15) is 0 Å². The first-order chi connectivity index (χ1) is 9.04. The van der Waals surface area contributed by atoms with Crippen LogP contribution in [0, 0.1) is 17.8 Å². The molecule has 1 aromatic heterocycles. The minimum Gasteiger partial charge on any atom is -0.352 e. The molecule has 3 atom stereocenters. The Bertz CT molecular complexity index is 534. The van der Waals surface area contributed by atoms with Crippen molar-refractivity contribution in [1.29, 1.82) is 0 Å². The van der Waals surface area contributed by atoms with Crippen LogP contribution in [-0.2, 0) is 18.4 Å². The van der Waals surface area contributed by atoms with Gasteiger partial charge in [-0.1, -0.05) is 12.2 Å². The molecule has 1 saturated carbocycles. The maximum atomic E-state index is 12.5. The number of fused-ring (bicyclic) bond motifs is 2. The van der Waals surface area contributed by atoms with Gasteiger partial charge in [0.2, 0.25) is 5.91 Å². The molecule has 0 aliphatic heterocycles. The molecule has 1 fully saturated rings. The Morgan fingerprint density at radius 3 is 2.79 bits per heavy atom. The van der Waals surface area contributed by atoms with E-state index in [1.165, 1.54) is 6.42 Å². The molecular weight excluding hydrogens is 304 g/mol. The summed E-state index contributed by atoms with van der Waals surface area (Å²) in [5.41, 5.74) is 1.15. The van der Waals surface area contributed by atoms with E-state index in [0.717, 1.165) is 16.6 Å². The van der Waals surface area contributed by atoms with E-state index in [4.69, 9.17) is 0 Å². The van der Waals surface area contributed by atoms with E-state index in [-0.39, 0.29) is 5.92 Å². The Morgan fingerprint density at radius 1 is 1.47 bits per heavy atom. The molecule has 19 heavy (non-hydrogen) atoms. The van der Waals surface area contributed by atoms with Crippen molar-refractivity contribution in [2.75, 3.05) is 7.05 Å². The lowest BCUT2D eigenvalue weighted by molar-refractivity contribution is -0.135. The summed E-state index contributed by atoms with van der Waals surface area (Å²) in [4.78, 5) is 14.4. The van der Waals surface area contributed by atoms with E-state index >= 15 is 0 Å². The molecule has 1 aromatic rings. The van der Waals surface area contributed by atoms with Gasteiger partial charge < -0.3 is 9.47 Å². The molecule has 102 valence electrons. The van der Waals surface area contributed by atoms with Crippen LogP contribution in [0.4, 0.5) is 0 Å². The van der Waals surface area contributed by atoms with Gasteiger partial charge in [0.05, 0.1) is 6.54 Å². The lowest BCUT2D eigenvalue weighted by Crippen LogP contribution is -2.34. The summed E-state index contributed by atoms with van der Waals surface area (Å²) >= 11 is 3.47. The third-order valence-electron chi connectivity index (χ3n) is 4.45. The Labute approximate surface area is 122 Å². The first kappa shape index (κ1) is 13.0. The number of halogens is 1. The molecule has 0 saturated heterocycles. The molecule has 3 nitrogen and oxygen atoms in total. The van der Waals surface area contributed by atoms with Crippen molar-refractivity contribution < 1.29 is 4.79 Å². The molecular formula is C15H19BrN2O. The molecule has 2 bridgehead atoms. The zero-order valence-electron chi connectivity index (χ0n) is 11.3. The Balaban J connectivity index is 1.67. The second kappa shape index (κ2) is 4.82. The summed E-state index contributed by atoms with van der Waals surface area (Å²) in [6.45, 7) is 0.679. The number of hydrogen-bond acceptors (Lipinski definition) is 1. The van der Waals surface area contributed by atoms with Crippen molar-refractivity contribution in [1.82, 2.24) is 9.47 Å². The SMILES string of the molecule is CN(Cc1cc(Br)cn1C)C(=O)[C@H]1C[C@H]2C=C[C@H]1C2. The average molecular weight is 323 g/mol. The molecule has 0 N–H and O–H groups in total. The number of hydrogen-bond donors (Lipinski definition) is 0. The van der Waals surface area contributed by atoms with Crippen LogP contribution >= 0.6 is 15.9 Å². The summed E-state index contributed by atoms with van der Waals surface area (Å²) < 4.78 is 3.13. The van der Waals surface area contributed by atoms with Crippen LogP contribution in [0.2, 0.25) is 0 Å². The van der Waals surface area contributed by atoms with Gasteiger partial charge in [0.1, 0.15) is 0 Å². The van der Waals surface area contributed by atoms with Gasteiger partial charge >= 0.3 is 0 Å². The van der Waals surface area contributed by atoms with E-state index in [9.17, 15) is 4.79 Å². The Morgan fingerprint density at radius 2 is 2.26 bits per heavy atom. The maximum Gasteiger partial charge on any atom is 0.226 e. The molecule has 1 amide bonds. The fraction of sp³-hybridized carbons (Fsp3) is 0.533. The molecule has 0 spiro atoms. The molecule has 1 heterocycles. The second-order valence-corrected chi connectivity index (χ2v) is 6.76. The van der Waals surface area contributed by atoms with Gasteiger partial charge in [0.25, 0.3) is 0 Å². The number of allylic oxidation sites excluding steroid dienone is 2. The number of rotatable bonds is 3. The molecule has 2 aliphatic carbocycles. The van der Waals surface area contributed by atoms with Crippen LogP contribution in [0.1, 0.15) is 18.5 Å². The summed E-state index contributed by atoms with van der Waals surface area (Å²) in [5, 5.41) is 0. The summed E-state index contributed by atoms with van der Waals surface area (Å²) in [6.07, 6.45) is 8.77. The fourth-order valence-electron chi connectivity index (χ4n) is 3.39. The van der Waals surface area contributed by atoms with Gasteiger partial charge in [0, 0.05) is 36.4 Å². The monoisotopic (exact) mass is 322 g/mol.